The van der Waals surface area contributed by atoms with Crippen molar-refractivity contribution in [2.75, 3.05) is 0 Å². The number of rotatable bonds is 1. The second-order valence-corrected chi connectivity index (χ2v) is 5.67. The highest BCUT2D eigenvalue weighted by atomic mass is 16.4. The van der Waals surface area contributed by atoms with E-state index in [-0.39, 0.29) is 6.04 Å². The Balaban J connectivity index is 1.87. The number of benzene rings is 2. The van der Waals surface area contributed by atoms with Gasteiger partial charge < -0.3 is 10.2 Å². The van der Waals surface area contributed by atoms with E-state index in [0.29, 0.717) is 6.54 Å². The second kappa shape index (κ2) is 4.71. The number of carboxylic acid groups (broad SMARTS) is 1. The molecule has 0 radical (unpaired) electrons. The summed E-state index contributed by atoms with van der Waals surface area (Å²) in [5.41, 5.74) is 4.67. The van der Waals surface area contributed by atoms with Gasteiger partial charge in [0.15, 0.2) is 0 Å². The molecule has 0 saturated carbocycles. The van der Waals surface area contributed by atoms with Crippen molar-refractivity contribution in [1.82, 2.24) is 4.90 Å². The zero-order valence-electron chi connectivity index (χ0n) is 11.8. The topological polar surface area (TPSA) is 60.8 Å². The fourth-order valence-electron chi connectivity index (χ4n) is 3.51. The number of amides is 1. The summed E-state index contributed by atoms with van der Waals surface area (Å²) in [4.78, 5) is 13.1. The lowest BCUT2D eigenvalue weighted by Gasteiger charge is -2.24. The first-order valence-corrected chi connectivity index (χ1v) is 7.23. The van der Waals surface area contributed by atoms with E-state index in [1.165, 1.54) is 4.90 Å². The number of nitrogens with zero attached hydrogens (tertiary/aromatic N) is 1. The van der Waals surface area contributed by atoms with Crippen LogP contribution in [0.15, 0.2) is 54.6 Å². The van der Waals surface area contributed by atoms with Gasteiger partial charge in [-0.15, -0.1) is 0 Å². The molecule has 2 aromatic carbocycles. The van der Waals surface area contributed by atoms with Crippen molar-refractivity contribution >= 4 is 11.7 Å². The third kappa shape index (κ3) is 1.77. The van der Waals surface area contributed by atoms with Crippen LogP contribution < -0.4 is 0 Å². The van der Waals surface area contributed by atoms with Gasteiger partial charge in [0.25, 0.3) is 0 Å². The standard InChI is InChI=1S/C18H15NO3/c20-16-9-15(13-7-3-4-8-14(13)16)17-12-6-2-1-5-11(12)10-19(17)18(21)22/h1-9,16-17,20H,10H2,(H,21,22). The Morgan fingerprint density at radius 3 is 2.50 bits per heavy atom. The minimum Gasteiger partial charge on any atom is -0.465 e. The van der Waals surface area contributed by atoms with E-state index in [4.69, 9.17) is 0 Å². The van der Waals surface area contributed by atoms with E-state index in [0.717, 1.165) is 27.8 Å². The molecule has 0 bridgehead atoms. The summed E-state index contributed by atoms with van der Waals surface area (Å²) < 4.78 is 0. The van der Waals surface area contributed by atoms with E-state index in [2.05, 4.69) is 0 Å². The number of carbonyl (C=O) groups is 1. The molecule has 0 aromatic heterocycles. The average Bonchev–Trinajstić information content (AvgIpc) is 3.06. The van der Waals surface area contributed by atoms with Crippen molar-refractivity contribution in [2.24, 2.45) is 0 Å². The molecule has 0 spiro atoms. The molecular formula is C18H15NO3. The van der Waals surface area contributed by atoms with Crippen LogP contribution in [0.2, 0.25) is 0 Å². The molecule has 0 saturated heterocycles. The van der Waals surface area contributed by atoms with Crippen LogP contribution in [-0.4, -0.2) is 21.2 Å². The summed E-state index contributed by atoms with van der Waals surface area (Å²) in [6, 6.07) is 15.1. The Morgan fingerprint density at radius 2 is 1.73 bits per heavy atom. The normalized spacial score (nSPS) is 22.2. The zero-order valence-corrected chi connectivity index (χ0v) is 11.8. The molecule has 2 atom stereocenters. The summed E-state index contributed by atoms with van der Waals surface area (Å²) >= 11 is 0. The summed E-state index contributed by atoms with van der Waals surface area (Å²) in [5.74, 6) is 0. The Kier molecular flexibility index (Phi) is 2.81. The van der Waals surface area contributed by atoms with Crippen LogP contribution >= 0.6 is 0 Å². The van der Waals surface area contributed by atoms with Gasteiger partial charge in [0, 0.05) is 0 Å². The van der Waals surface area contributed by atoms with E-state index < -0.39 is 12.2 Å². The molecular weight excluding hydrogens is 278 g/mol. The van der Waals surface area contributed by atoms with Crippen LogP contribution in [0, 0.1) is 0 Å². The van der Waals surface area contributed by atoms with Crippen LogP contribution in [0.1, 0.15) is 34.4 Å². The van der Waals surface area contributed by atoms with Crippen molar-refractivity contribution in [2.45, 2.75) is 18.7 Å². The van der Waals surface area contributed by atoms with E-state index >= 15 is 0 Å². The summed E-state index contributed by atoms with van der Waals surface area (Å²) in [7, 11) is 0. The molecule has 22 heavy (non-hydrogen) atoms. The quantitative estimate of drug-likeness (QED) is 0.847. The lowest BCUT2D eigenvalue weighted by molar-refractivity contribution is 0.139. The van der Waals surface area contributed by atoms with Gasteiger partial charge in [-0.05, 0) is 33.9 Å². The number of aliphatic hydroxyl groups is 1. The largest absolute Gasteiger partial charge is 0.465 e. The Morgan fingerprint density at radius 1 is 1.05 bits per heavy atom. The minimum atomic E-state index is -0.944. The molecule has 2 aromatic rings. The monoisotopic (exact) mass is 293 g/mol. The van der Waals surface area contributed by atoms with Gasteiger partial charge in [-0.25, -0.2) is 4.79 Å². The number of fused-ring (bicyclic) bond motifs is 2. The fourth-order valence-corrected chi connectivity index (χ4v) is 3.51. The molecule has 1 aliphatic carbocycles. The average molecular weight is 293 g/mol. The van der Waals surface area contributed by atoms with E-state index in [1.807, 2.05) is 48.5 Å². The maximum absolute atomic E-state index is 11.7. The van der Waals surface area contributed by atoms with E-state index in [1.54, 1.807) is 6.08 Å². The third-order valence-electron chi connectivity index (χ3n) is 4.47. The molecule has 1 heterocycles. The number of aliphatic hydroxyl groups excluding tert-OH is 1. The van der Waals surface area contributed by atoms with Gasteiger partial charge in [0.2, 0.25) is 0 Å². The van der Waals surface area contributed by atoms with E-state index in [9.17, 15) is 15.0 Å². The summed E-state index contributed by atoms with van der Waals surface area (Å²) in [5, 5.41) is 19.8. The first kappa shape index (κ1) is 13.1. The second-order valence-electron chi connectivity index (χ2n) is 5.67. The van der Waals surface area contributed by atoms with Gasteiger partial charge in [0.05, 0.1) is 18.7 Å². The predicted octanol–water partition coefficient (Wildman–Crippen LogP) is 3.35. The maximum Gasteiger partial charge on any atom is 0.408 e. The van der Waals surface area contributed by atoms with Crippen molar-refractivity contribution < 1.29 is 15.0 Å². The van der Waals surface area contributed by atoms with Crippen LogP contribution in [0.4, 0.5) is 4.79 Å². The Hall–Kier alpha value is -2.59. The molecule has 1 aliphatic heterocycles. The van der Waals surface area contributed by atoms with Gasteiger partial charge in [-0.3, -0.25) is 4.90 Å². The third-order valence-corrected chi connectivity index (χ3v) is 4.47. The summed E-state index contributed by atoms with van der Waals surface area (Å²) in [6.07, 6.45) is 0.156. The molecule has 2 unspecified atom stereocenters. The lowest BCUT2D eigenvalue weighted by atomic mass is 9.94. The van der Waals surface area contributed by atoms with Gasteiger partial charge in [-0.2, -0.15) is 0 Å². The molecule has 2 N–H and O–H groups in total. The molecule has 4 heteroatoms. The molecule has 1 amide bonds. The number of hydrogen-bond acceptors (Lipinski definition) is 2. The highest BCUT2D eigenvalue weighted by Gasteiger charge is 2.39. The minimum absolute atomic E-state index is 0.355. The van der Waals surface area contributed by atoms with Crippen molar-refractivity contribution in [3.05, 3.63) is 76.9 Å². The van der Waals surface area contributed by atoms with Crippen LogP contribution in [0.25, 0.3) is 5.57 Å². The van der Waals surface area contributed by atoms with Crippen LogP contribution in [0.3, 0.4) is 0 Å². The molecule has 0 fully saturated rings. The highest BCUT2D eigenvalue weighted by Crippen LogP contribution is 2.47. The lowest BCUT2D eigenvalue weighted by Crippen LogP contribution is -2.28. The fraction of sp³-hybridized carbons (Fsp3) is 0.167. The maximum atomic E-state index is 11.7. The Bertz CT molecular complexity index is 796. The van der Waals surface area contributed by atoms with Gasteiger partial charge in [-0.1, -0.05) is 48.5 Å². The highest BCUT2D eigenvalue weighted by molar-refractivity contribution is 5.82. The smallest absolute Gasteiger partial charge is 0.408 e. The predicted molar refractivity (Wildman–Crippen MR) is 82.1 cm³/mol. The molecule has 4 nitrogen and oxygen atoms in total. The van der Waals surface area contributed by atoms with Crippen molar-refractivity contribution in [3.63, 3.8) is 0 Å². The first-order chi connectivity index (χ1) is 10.7. The van der Waals surface area contributed by atoms with Crippen molar-refractivity contribution in [1.29, 1.82) is 0 Å². The summed E-state index contributed by atoms with van der Waals surface area (Å²) in [6.45, 7) is 0.381. The number of hydrogen-bond donors (Lipinski definition) is 2. The van der Waals surface area contributed by atoms with Gasteiger partial charge >= 0.3 is 6.09 Å². The first-order valence-electron chi connectivity index (χ1n) is 7.23. The Labute approximate surface area is 127 Å². The molecule has 4 rings (SSSR count). The zero-order chi connectivity index (χ0) is 15.3. The SMILES string of the molecule is O=C(O)N1Cc2ccccc2C1C1=CC(O)c2ccccc21. The van der Waals surface area contributed by atoms with Gasteiger partial charge in [0.1, 0.15) is 0 Å². The van der Waals surface area contributed by atoms with Crippen LogP contribution in [0.5, 0.6) is 0 Å². The van der Waals surface area contributed by atoms with Crippen LogP contribution in [-0.2, 0) is 6.54 Å². The van der Waals surface area contributed by atoms with Crippen molar-refractivity contribution in [3.8, 4) is 0 Å². The molecule has 2 aliphatic rings. The molecule has 110 valence electrons.